The first-order chi connectivity index (χ1) is 13.6. The predicted octanol–water partition coefficient (Wildman–Crippen LogP) is 3.60. The largest absolute Gasteiger partial charge is 0.493 e. The van der Waals surface area contributed by atoms with E-state index in [1.165, 1.54) is 5.56 Å². The molecule has 6 heteroatoms. The molecule has 0 spiro atoms. The van der Waals surface area contributed by atoms with Crippen LogP contribution in [0, 0.1) is 0 Å². The Morgan fingerprint density at radius 2 is 1.79 bits per heavy atom. The van der Waals surface area contributed by atoms with E-state index < -0.39 is 0 Å². The summed E-state index contributed by atoms with van der Waals surface area (Å²) < 4.78 is 10.6. The lowest BCUT2D eigenvalue weighted by atomic mass is 10.1. The highest BCUT2D eigenvalue weighted by molar-refractivity contribution is 5.93. The molecule has 2 N–H and O–H groups in total. The summed E-state index contributed by atoms with van der Waals surface area (Å²) in [4.78, 5) is 6.66. The van der Waals surface area contributed by atoms with Crippen LogP contribution in [0.5, 0.6) is 11.5 Å². The van der Waals surface area contributed by atoms with E-state index >= 15 is 0 Å². The van der Waals surface area contributed by atoms with Crippen LogP contribution in [-0.2, 0) is 6.54 Å². The van der Waals surface area contributed by atoms with E-state index in [1.807, 2.05) is 24.3 Å². The molecule has 2 aromatic rings. The van der Waals surface area contributed by atoms with E-state index in [-0.39, 0.29) is 0 Å². The third-order valence-corrected chi connectivity index (χ3v) is 4.75. The minimum atomic E-state index is 0.451. The summed E-state index contributed by atoms with van der Waals surface area (Å²) in [7, 11) is 7.18. The second-order valence-corrected chi connectivity index (χ2v) is 6.73. The molecule has 152 valence electrons. The molecule has 0 amide bonds. The molecule has 0 aromatic heterocycles. The number of rotatable bonds is 9. The average molecular weight is 385 g/mol. The second-order valence-electron chi connectivity index (χ2n) is 6.73. The van der Waals surface area contributed by atoms with Gasteiger partial charge in [-0.15, -0.1) is 0 Å². The van der Waals surface area contributed by atoms with Crippen LogP contribution in [0.4, 0.5) is 5.69 Å². The number of guanidine groups is 1. The lowest BCUT2D eigenvalue weighted by Gasteiger charge is -2.25. The number of anilines is 1. The first-order valence-electron chi connectivity index (χ1n) is 9.51. The molecule has 1 unspecified atom stereocenters. The van der Waals surface area contributed by atoms with E-state index in [1.54, 1.807) is 21.3 Å². The normalized spacial score (nSPS) is 12.6. The molecular formula is C22H32N4O2. The lowest BCUT2D eigenvalue weighted by Crippen LogP contribution is -2.36. The summed E-state index contributed by atoms with van der Waals surface area (Å²) in [6.45, 7) is 4.02. The molecule has 0 saturated heterocycles. The Balaban J connectivity index is 1.82. The summed E-state index contributed by atoms with van der Waals surface area (Å²) in [5.41, 5.74) is 2.22. The summed E-state index contributed by atoms with van der Waals surface area (Å²) in [5.74, 6) is 2.11. The van der Waals surface area contributed by atoms with Gasteiger partial charge in [0.1, 0.15) is 0 Å². The number of nitrogens with zero attached hydrogens (tertiary/aromatic N) is 2. The van der Waals surface area contributed by atoms with E-state index in [4.69, 9.17) is 9.47 Å². The smallest absolute Gasteiger partial charge is 0.195 e. The summed E-state index contributed by atoms with van der Waals surface area (Å²) in [6, 6.07) is 16.7. The van der Waals surface area contributed by atoms with Crippen molar-refractivity contribution in [3.05, 3.63) is 54.1 Å². The zero-order chi connectivity index (χ0) is 20.4. The minimum absolute atomic E-state index is 0.451. The summed E-state index contributed by atoms with van der Waals surface area (Å²) >= 11 is 0. The van der Waals surface area contributed by atoms with Crippen molar-refractivity contribution in [2.45, 2.75) is 25.9 Å². The zero-order valence-corrected chi connectivity index (χ0v) is 17.5. The van der Waals surface area contributed by atoms with Gasteiger partial charge < -0.3 is 20.1 Å². The molecule has 2 aromatic carbocycles. The van der Waals surface area contributed by atoms with Crippen molar-refractivity contribution >= 4 is 11.6 Å². The molecular weight excluding hydrogens is 352 g/mol. The molecule has 0 bridgehead atoms. The molecule has 0 aliphatic heterocycles. The van der Waals surface area contributed by atoms with Crippen LogP contribution < -0.4 is 20.1 Å². The van der Waals surface area contributed by atoms with Crippen molar-refractivity contribution in [3.63, 3.8) is 0 Å². The standard InChI is InChI=1S/C22H32N4O2/c1-17(26(3)16-18-9-7-6-8-10-18)13-14-24-22(23-2)25-19-11-12-20(27-4)21(15-19)28-5/h6-12,15,17H,13-14,16H2,1-5H3,(H2,23,24,25). The highest BCUT2D eigenvalue weighted by atomic mass is 16.5. The number of aliphatic imine (C=N–C) groups is 1. The molecule has 0 heterocycles. The van der Waals surface area contributed by atoms with Crippen molar-refractivity contribution in [2.24, 2.45) is 4.99 Å². The van der Waals surface area contributed by atoms with Crippen LogP contribution in [0.25, 0.3) is 0 Å². The summed E-state index contributed by atoms with van der Waals surface area (Å²) in [5, 5.41) is 6.66. The highest BCUT2D eigenvalue weighted by Gasteiger charge is 2.10. The zero-order valence-electron chi connectivity index (χ0n) is 17.5. The molecule has 1 atom stereocenters. The van der Waals surface area contributed by atoms with Gasteiger partial charge in [-0.2, -0.15) is 0 Å². The van der Waals surface area contributed by atoms with Gasteiger partial charge in [0.25, 0.3) is 0 Å². The first-order valence-corrected chi connectivity index (χ1v) is 9.51. The highest BCUT2D eigenvalue weighted by Crippen LogP contribution is 2.29. The Labute approximate surface area is 168 Å². The topological polar surface area (TPSA) is 58.1 Å². The Kier molecular flexibility index (Phi) is 8.62. The number of hydrogen-bond acceptors (Lipinski definition) is 4. The average Bonchev–Trinajstić information content (AvgIpc) is 2.73. The van der Waals surface area contributed by atoms with Gasteiger partial charge in [0, 0.05) is 37.9 Å². The monoisotopic (exact) mass is 384 g/mol. The summed E-state index contributed by atoms with van der Waals surface area (Å²) in [6.07, 6.45) is 1.01. The van der Waals surface area contributed by atoms with Crippen LogP contribution in [0.3, 0.4) is 0 Å². The third-order valence-electron chi connectivity index (χ3n) is 4.75. The van der Waals surface area contributed by atoms with Gasteiger partial charge >= 0.3 is 0 Å². The molecule has 0 aliphatic carbocycles. The number of nitrogens with one attached hydrogen (secondary N) is 2. The van der Waals surface area contributed by atoms with Crippen molar-refractivity contribution in [2.75, 3.05) is 40.2 Å². The molecule has 28 heavy (non-hydrogen) atoms. The SMILES string of the molecule is CN=C(NCCC(C)N(C)Cc1ccccc1)Nc1ccc(OC)c(OC)c1. The fraction of sp³-hybridized carbons (Fsp3) is 0.409. The molecule has 2 rings (SSSR count). The van der Waals surface area contributed by atoms with Gasteiger partial charge in [0.05, 0.1) is 14.2 Å². The predicted molar refractivity (Wildman–Crippen MR) is 117 cm³/mol. The quantitative estimate of drug-likeness (QED) is 0.511. The Hall–Kier alpha value is -2.73. The number of methoxy groups -OCH3 is 2. The van der Waals surface area contributed by atoms with Crippen molar-refractivity contribution in [1.82, 2.24) is 10.2 Å². The van der Waals surface area contributed by atoms with Gasteiger partial charge in [-0.1, -0.05) is 30.3 Å². The Morgan fingerprint density at radius 3 is 2.43 bits per heavy atom. The Morgan fingerprint density at radius 1 is 1.07 bits per heavy atom. The maximum absolute atomic E-state index is 5.35. The van der Waals surface area contributed by atoms with Crippen molar-refractivity contribution in [1.29, 1.82) is 0 Å². The van der Waals surface area contributed by atoms with Crippen LogP contribution in [0.1, 0.15) is 18.9 Å². The molecule has 0 radical (unpaired) electrons. The van der Waals surface area contributed by atoms with Crippen molar-refractivity contribution < 1.29 is 9.47 Å². The molecule has 6 nitrogen and oxygen atoms in total. The van der Waals surface area contributed by atoms with E-state index in [0.717, 1.165) is 31.2 Å². The van der Waals surface area contributed by atoms with Gasteiger partial charge in [0.2, 0.25) is 0 Å². The maximum Gasteiger partial charge on any atom is 0.195 e. The van der Waals surface area contributed by atoms with Crippen LogP contribution in [0.2, 0.25) is 0 Å². The first kappa shape index (κ1) is 21.6. The maximum atomic E-state index is 5.35. The van der Waals surface area contributed by atoms with Gasteiger partial charge in [-0.25, -0.2) is 0 Å². The van der Waals surface area contributed by atoms with E-state index in [0.29, 0.717) is 17.5 Å². The fourth-order valence-electron chi connectivity index (χ4n) is 2.88. The van der Waals surface area contributed by atoms with Crippen LogP contribution in [-0.4, -0.2) is 51.8 Å². The third kappa shape index (κ3) is 6.46. The van der Waals surface area contributed by atoms with E-state index in [9.17, 15) is 0 Å². The number of benzene rings is 2. The molecule has 0 saturated carbocycles. The fourth-order valence-corrected chi connectivity index (χ4v) is 2.88. The van der Waals surface area contributed by atoms with Crippen LogP contribution >= 0.6 is 0 Å². The minimum Gasteiger partial charge on any atom is -0.493 e. The van der Waals surface area contributed by atoms with Gasteiger partial charge in [0.15, 0.2) is 17.5 Å². The van der Waals surface area contributed by atoms with Crippen molar-refractivity contribution in [3.8, 4) is 11.5 Å². The number of hydrogen-bond donors (Lipinski definition) is 2. The number of ether oxygens (including phenoxy) is 2. The lowest BCUT2D eigenvalue weighted by molar-refractivity contribution is 0.239. The molecule has 0 aliphatic rings. The molecule has 0 fully saturated rings. The van der Waals surface area contributed by atoms with Gasteiger partial charge in [-0.05, 0) is 38.1 Å². The van der Waals surface area contributed by atoms with Crippen LogP contribution in [0.15, 0.2) is 53.5 Å². The van der Waals surface area contributed by atoms with E-state index in [2.05, 4.69) is 58.8 Å². The van der Waals surface area contributed by atoms with Gasteiger partial charge in [-0.3, -0.25) is 9.89 Å². The Bertz CT molecular complexity index is 749. The second kappa shape index (κ2) is 11.2.